The number of carbonyl (C=O) groups excluding carboxylic acids is 1. The van der Waals surface area contributed by atoms with Gasteiger partial charge in [0, 0.05) is 17.1 Å². The normalized spacial score (nSPS) is 13.1. The van der Waals surface area contributed by atoms with Crippen LogP contribution in [0.3, 0.4) is 0 Å². The third-order valence-corrected chi connectivity index (χ3v) is 6.92. The van der Waals surface area contributed by atoms with E-state index in [1.807, 2.05) is 31.2 Å². The molecule has 0 radical (unpaired) electrons. The van der Waals surface area contributed by atoms with Crippen molar-refractivity contribution in [1.29, 1.82) is 0 Å². The van der Waals surface area contributed by atoms with Crippen molar-refractivity contribution in [3.8, 4) is 5.75 Å². The Morgan fingerprint density at radius 3 is 2.68 bits per heavy atom. The number of rotatable bonds is 5. The third-order valence-electron chi connectivity index (χ3n) is 5.80. The Hall–Kier alpha value is -3.72. The lowest BCUT2D eigenvalue weighted by Crippen LogP contribution is -2.38. The molecule has 7 nitrogen and oxygen atoms in total. The molecule has 0 spiro atoms. The van der Waals surface area contributed by atoms with Gasteiger partial charge in [0.05, 0.1) is 31.4 Å². The lowest BCUT2D eigenvalue weighted by molar-refractivity contribution is 0.207. The first-order chi connectivity index (χ1) is 16.5. The van der Waals surface area contributed by atoms with E-state index in [4.69, 9.17) is 4.74 Å². The van der Waals surface area contributed by atoms with Crippen molar-refractivity contribution >= 4 is 33.3 Å². The molecular weight excluding hydrogens is 455 g/mol. The molecule has 0 atom stereocenters. The number of carbonyl (C=O) groups is 1. The van der Waals surface area contributed by atoms with Gasteiger partial charge < -0.3 is 15.0 Å². The van der Waals surface area contributed by atoms with Gasteiger partial charge in [-0.2, -0.15) is 0 Å². The molecule has 0 saturated carbocycles. The number of nitrogens with zero attached hydrogens (tertiary/aromatic N) is 3. The van der Waals surface area contributed by atoms with Gasteiger partial charge in [0.15, 0.2) is 0 Å². The topological polar surface area (TPSA) is 76.5 Å². The maximum Gasteiger partial charge on any atom is 0.322 e. The van der Waals surface area contributed by atoms with Gasteiger partial charge in [0.2, 0.25) is 0 Å². The number of hydrogen-bond acceptors (Lipinski definition) is 5. The van der Waals surface area contributed by atoms with Crippen molar-refractivity contribution in [2.24, 2.45) is 0 Å². The molecular formula is C25H23FN4O3S. The number of aromatic nitrogens is 2. The van der Waals surface area contributed by atoms with Crippen molar-refractivity contribution in [1.82, 2.24) is 14.5 Å². The first-order valence-electron chi connectivity index (χ1n) is 11.0. The summed E-state index contributed by atoms with van der Waals surface area (Å²) in [5, 5.41) is 3.55. The summed E-state index contributed by atoms with van der Waals surface area (Å²) in [5.41, 5.74) is 2.38. The molecule has 0 saturated heterocycles. The molecule has 0 aliphatic carbocycles. The molecule has 9 heteroatoms. The number of ether oxygens (including phenoxy) is 1. The molecule has 2 amide bonds. The number of amides is 2. The highest BCUT2D eigenvalue weighted by atomic mass is 32.1. The maximum absolute atomic E-state index is 13.2. The predicted octanol–water partition coefficient (Wildman–Crippen LogP) is 4.63. The zero-order chi connectivity index (χ0) is 23.7. The van der Waals surface area contributed by atoms with Gasteiger partial charge in [-0.05, 0) is 60.9 Å². The number of anilines is 1. The van der Waals surface area contributed by atoms with Gasteiger partial charge in [-0.25, -0.2) is 14.2 Å². The quantitative estimate of drug-likeness (QED) is 0.454. The van der Waals surface area contributed by atoms with Gasteiger partial charge in [-0.15, -0.1) is 11.3 Å². The van der Waals surface area contributed by atoms with Crippen molar-refractivity contribution in [2.75, 3.05) is 18.5 Å². The summed E-state index contributed by atoms with van der Waals surface area (Å²) in [5.74, 6) is 0.443. The van der Waals surface area contributed by atoms with E-state index in [0.29, 0.717) is 48.6 Å². The van der Waals surface area contributed by atoms with Crippen LogP contribution in [0.5, 0.6) is 5.75 Å². The van der Waals surface area contributed by atoms with Crippen LogP contribution in [0.25, 0.3) is 10.2 Å². The van der Waals surface area contributed by atoms with Crippen molar-refractivity contribution in [3.63, 3.8) is 0 Å². The van der Waals surface area contributed by atoms with E-state index >= 15 is 0 Å². The SMILES string of the molecule is CCOc1ccc(NC(=O)N2CCc3c(sc4ncn(Cc5ccc(F)cc5)c(=O)c34)C2)cc1. The minimum absolute atomic E-state index is 0.112. The van der Waals surface area contributed by atoms with Gasteiger partial charge in [-0.3, -0.25) is 9.36 Å². The molecule has 2 aromatic heterocycles. The molecule has 5 rings (SSSR count). The largest absolute Gasteiger partial charge is 0.494 e. The van der Waals surface area contributed by atoms with Crippen LogP contribution < -0.4 is 15.6 Å². The zero-order valence-electron chi connectivity index (χ0n) is 18.6. The minimum atomic E-state index is -0.312. The Morgan fingerprint density at radius 2 is 1.94 bits per heavy atom. The summed E-state index contributed by atoms with van der Waals surface area (Å²) in [4.78, 5) is 33.9. The number of fused-ring (bicyclic) bond motifs is 3. The van der Waals surface area contributed by atoms with Gasteiger partial charge in [0.25, 0.3) is 5.56 Å². The van der Waals surface area contributed by atoms with Gasteiger partial charge in [-0.1, -0.05) is 12.1 Å². The van der Waals surface area contributed by atoms with Gasteiger partial charge in [0.1, 0.15) is 16.4 Å². The van der Waals surface area contributed by atoms with E-state index in [-0.39, 0.29) is 17.4 Å². The standard InChI is InChI=1S/C25H23FN4O3S/c1-2-33-19-9-7-18(8-10-19)28-25(32)29-12-11-20-21(14-29)34-23-22(20)24(31)30(15-27-23)13-16-3-5-17(26)6-4-16/h3-10,15H,2,11-14H2,1H3,(H,28,32). The van der Waals surface area contributed by atoms with E-state index in [1.165, 1.54) is 29.8 Å². The molecule has 1 aliphatic heterocycles. The average Bonchev–Trinajstić information content (AvgIpc) is 3.22. The lowest BCUT2D eigenvalue weighted by Gasteiger charge is -2.27. The fourth-order valence-corrected chi connectivity index (χ4v) is 5.29. The molecule has 0 fully saturated rings. The second-order valence-electron chi connectivity index (χ2n) is 8.05. The fourth-order valence-electron chi connectivity index (χ4n) is 4.09. The van der Waals surface area contributed by atoms with Crippen molar-refractivity contribution in [2.45, 2.75) is 26.4 Å². The second-order valence-corrected chi connectivity index (χ2v) is 9.13. The van der Waals surface area contributed by atoms with Crippen LogP contribution >= 0.6 is 11.3 Å². The minimum Gasteiger partial charge on any atom is -0.494 e. The van der Waals surface area contributed by atoms with E-state index < -0.39 is 0 Å². The summed E-state index contributed by atoms with van der Waals surface area (Å²) < 4.78 is 20.2. The molecule has 0 unspecified atom stereocenters. The highest BCUT2D eigenvalue weighted by Gasteiger charge is 2.26. The molecule has 1 N–H and O–H groups in total. The summed E-state index contributed by atoms with van der Waals surface area (Å²) in [6.07, 6.45) is 2.12. The summed E-state index contributed by atoms with van der Waals surface area (Å²) in [6.45, 7) is 3.77. The van der Waals surface area contributed by atoms with E-state index in [9.17, 15) is 14.0 Å². The average molecular weight is 479 g/mol. The van der Waals surface area contributed by atoms with Crippen LogP contribution in [0.1, 0.15) is 22.9 Å². The molecule has 0 bridgehead atoms. The van der Waals surface area contributed by atoms with Crippen LogP contribution in [0.2, 0.25) is 0 Å². The number of urea groups is 1. The first kappa shape index (κ1) is 22.1. The Bertz CT molecular complexity index is 1400. The van der Waals surface area contributed by atoms with E-state index in [1.54, 1.807) is 21.6 Å². The van der Waals surface area contributed by atoms with Crippen LogP contribution in [0, 0.1) is 5.82 Å². The highest BCUT2D eigenvalue weighted by Crippen LogP contribution is 2.32. The van der Waals surface area contributed by atoms with Gasteiger partial charge >= 0.3 is 6.03 Å². The number of thiophene rings is 1. The molecule has 4 aromatic rings. The van der Waals surface area contributed by atoms with Crippen LogP contribution in [0.15, 0.2) is 59.7 Å². The number of halogens is 1. The van der Waals surface area contributed by atoms with Crippen LogP contribution in [-0.2, 0) is 19.5 Å². The van der Waals surface area contributed by atoms with Crippen molar-refractivity contribution < 1.29 is 13.9 Å². The van der Waals surface area contributed by atoms with Crippen LogP contribution in [0.4, 0.5) is 14.9 Å². The molecule has 34 heavy (non-hydrogen) atoms. The first-order valence-corrected chi connectivity index (χ1v) is 11.9. The van der Waals surface area contributed by atoms with E-state index in [2.05, 4.69) is 10.3 Å². The van der Waals surface area contributed by atoms with E-state index in [0.717, 1.165) is 21.8 Å². The lowest BCUT2D eigenvalue weighted by atomic mass is 10.1. The third kappa shape index (κ3) is 4.38. The van der Waals surface area contributed by atoms with Crippen molar-refractivity contribution in [3.05, 3.63) is 87.0 Å². The Balaban J connectivity index is 1.34. The monoisotopic (exact) mass is 478 g/mol. The molecule has 3 heterocycles. The summed E-state index contributed by atoms with van der Waals surface area (Å²) in [7, 11) is 0. The Morgan fingerprint density at radius 1 is 1.18 bits per heavy atom. The number of hydrogen-bond donors (Lipinski definition) is 1. The van der Waals surface area contributed by atoms with Crippen LogP contribution in [-0.4, -0.2) is 33.6 Å². The Kier molecular flexibility index (Phi) is 6.02. The summed E-state index contributed by atoms with van der Waals surface area (Å²) >= 11 is 1.45. The maximum atomic E-state index is 13.2. The fraction of sp³-hybridized carbons (Fsp3) is 0.240. The number of benzene rings is 2. The Labute approximate surface area is 199 Å². The smallest absolute Gasteiger partial charge is 0.322 e. The molecule has 2 aromatic carbocycles. The summed E-state index contributed by atoms with van der Waals surface area (Å²) in [6, 6.07) is 13.2. The second kappa shape index (κ2) is 9.26. The molecule has 1 aliphatic rings. The number of nitrogens with one attached hydrogen (secondary N) is 1. The predicted molar refractivity (Wildman–Crippen MR) is 130 cm³/mol. The molecule has 174 valence electrons. The zero-order valence-corrected chi connectivity index (χ0v) is 19.4. The highest BCUT2D eigenvalue weighted by molar-refractivity contribution is 7.18.